The molecule has 1 aromatic heterocycles. The first kappa shape index (κ1) is 17.9. The van der Waals surface area contributed by atoms with E-state index in [0.29, 0.717) is 17.5 Å². The maximum atomic E-state index is 13.0. The van der Waals surface area contributed by atoms with Crippen LogP contribution in [0.4, 0.5) is 0 Å². The van der Waals surface area contributed by atoms with Crippen LogP contribution in [0.3, 0.4) is 0 Å². The molecular formula is C21H20N4O3. The molecule has 3 aromatic rings. The summed E-state index contributed by atoms with van der Waals surface area (Å²) in [6.07, 6.45) is 0.371. The Kier molecular flexibility index (Phi) is 4.43. The van der Waals surface area contributed by atoms with Crippen molar-refractivity contribution in [2.45, 2.75) is 32.5 Å². The second kappa shape index (κ2) is 6.92. The second-order valence-electron chi connectivity index (χ2n) is 7.01. The summed E-state index contributed by atoms with van der Waals surface area (Å²) in [7, 11) is 0. The molecule has 142 valence electrons. The van der Waals surface area contributed by atoms with Gasteiger partial charge < -0.3 is 10.6 Å². The highest BCUT2D eigenvalue weighted by Crippen LogP contribution is 2.23. The first-order valence-electron chi connectivity index (χ1n) is 9.07. The van der Waals surface area contributed by atoms with Crippen molar-refractivity contribution in [3.05, 3.63) is 75.7 Å². The smallest absolute Gasteiger partial charge is 0.275 e. The number of carbonyl (C=O) groups excluding carboxylic acids is 2. The number of aromatic nitrogens is 2. The van der Waals surface area contributed by atoms with Crippen LogP contribution in [0.25, 0.3) is 10.8 Å². The lowest BCUT2D eigenvalue weighted by Crippen LogP contribution is -2.52. The van der Waals surface area contributed by atoms with Gasteiger partial charge in [0.1, 0.15) is 12.6 Å². The number of benzene rings is 2. The molecule has 0 bridgehead atoms. The number of hydrogen-bond donors (Lipinski definition) is 1. The molecule has 0 saturated heterocycles. The molecule has 1 aliphatic heterocycles. The number of carbonyl (C=O) groups is 2. The van der Waals surface area contributed by atoms with Gasteiger partial charge >= 0.3 is 0 Å². The van der Waals surface area contributed by atoms with Gasteiger partial charge in [-0.2, -0.15) is 5.10 Å². The molecule has 2 aromatic carbocycles. The summed E-state index contributed by atoms with van der Waals surface area (Å²) < 4.78 is 1.17. The van der Waals surface area contributed by atoms with E-state index in [1.54, 1.807) is 19.1 Å². The molecule has 28 heavy (non-hydrogen) atoms. The van der Waals surface area contributed by atoms with Gasteiger partial charge in [0, 0.05) is 18.4 Å². The Balaban J connectivity index is 1.68. The van der Waals surface area contributed by atoms with Crippen LogP contribution in [0.15, 0.2) is 53.3 Å². The molecule has 0 radical (unpaired) electrons. The molecule has 1 atom stereocenters. The molecule has 0 saturated carbocycles. The molecule has 0 aliphatic carbocycles. The average Bonchev–Trinajstić information content (AvgIpc) is 2.70. The lowest BCUT2D eigenvalue weighted by molar-refractivity contribution is -0.141. The number of primary amides is 1. The van der Waals surface area contributed by atoms with Crippen molar-refractivity contribution < 1.29 is 9.59 Å². The fourth-order valence-corrected chi connectivity index (χ4v) is 3.77. The van der Waals surface area contributed by atoms with E-state index in [9.17, 15) is 14.4 Å². The van der Waals surface area contributed by atoms with Crippen LogP contribution in [0.5, 0.6) is 0 Å². The van der Waals surface area contributed by atoms with E-state index in [1.807, 2.05) is 36.4 Å². The summed E-state index contributed by atoms with van der Waals surface area (Å²) in [5, 5.41) is 5.56. The Bertz CT molecular complexity index is 1150. The molecule has 7 nitrogen and oxygen atoms in total. The van der Waals surface area contributed by atoms with Gasteiger partial charge in [-0.05, 0) is 24.1 Å². The number of nitrogens with two attached hydrogens (primary N) is 1. The topological polar surface area (TPSA) is 98.3 Å². The molecule has 2 amide bonds. The van der Waals surface area contributed by atoms with Gasteiger partial charge in [0.2, 0.25) is 11.8 Å². The normalized spacial score (nSPS) is 16.0. The van der Waals surface area contributed by atoms with Crippen molar-refractivity contribution in [1.82, 2.24) is 14.7 Å². The van der Waals surface area contributed by atoms with Crippen LogP contribution < -0.4 is 11.3 Å². The van der Waals surface area contributed by atoms with E-state index in [1.165, 1.54) is 9.58 Å². The van der Waals surface area contributed by atoms with Gasteiger partial charge in [0.05, 0.1) is 11.1 Å². The Hall–Kier alpha value is -3.48. The highest BCUT2D eigenvalue weighted by Gasteiger charge is 2.33. The van der Waals surface area contributed by atoms with Crippen LogP contribution in [-0.2, 0) is 29.1 Å². The SMILES string of the molecule is Cc1nn(CC(=O)N2Cc3ccccc3C[C@@H]2C(N)=O)c(=O)c2ccccc12. The maximum absolute atomic E-state index is 13.0. The van der Waals surface area contributed by atoms with Crippen molar-refractivity contribution in [3.8, 4) is 0 Å². The van der Waals surface area contributed by atoms with Crippen LogP contribution in [0, 0.1) is 6.92 Å². The number of nitrogens with zero attached hydrogens (tertiary/aromatic N) is 3. The van der Waals surface area contributed by atoms with E-state index in [-0.39, 0.29) is 24.6 Å². The Labute approximate surface area is 161 Å². The van der Waals surface area contributed by atoms with Gasteiger partial charge in [0.15, 0.2) is 0 Å². The zero-order valence-electron chi connectivity index (χ0n) is 15.5. The molecule has 0 spiro atoms. The molecule has 2 heterocycles. The van der Waals surface area contributed by atoms with Crippen LogP contribution in [-0.4, -0.2) is 32.5 Å². The molecule has 0 fully saturated rings. The summed E-state index contributed by atoms with van der Waals surface area (Å²) in [6, 6.07) is 14.1. The lowest BCUT2D eigenvalue weighted by Gasteiger charge is -2.35. The summed E-state index contributed by atoms with van der Waals surface area (Å²) in [6.45, 7) is 1.84. The number of aryl methyl sites for hydroxylation is 1. The molecule has 7 heteroatoms. The predicted molar refractivity (Wildman–Crippen MR) is 104 cm³/mol. The van der Waals surface area contributed by atoms with Crippen LogP contribution in [0.2, 0.25) is 0 Å². The van der Waals surface area contributed by atoms with Crippen molar-refractivity contribution >= 4 is 22.6 Å². The molecule has 1 aliphatic rings. The second-order valence-corrected chi connectivity index (χ2v) is 7.01. The zero-order valence-corrected chi connectivity index (χ0v) is 15.5. The summed E-state index contributed by atoms with van der Waals surface area (Å²) in [5.74, 6) is -0.916. The summed E-state index contributed by atoms with van der Waals surface area (Å²) in [4.78, 5) is 39.2. The minimum Gasteiger partial charge on any atom is -0.368 e. The predicted octanol–water partition coefficient (Wildman–Crippen LogP) is 1.14. The van der Waals surface area contributed by atoms with E-state index >= 15 is 0 Å². The van der Waals surface area contributed by atoms with Gasteiger partial charge in [-0.1, -0.05) is 42.5 Å². The fourth-order valence-electron chi connectivity index (χ4n) is 3.77. The van der Waals surface area contributed by atoms with Crippen molar-refractivity contribution in [2.24, 2.45) is 5.73 Å². The minimum atomic E-state index is -0.736. The van der Waals surface area contributed by atoms with Crippen molar-refractivity contribution in [1.29, 1.82) is 0 Å². The first-order chi connectivity index (χ1) is 13.5. The molecular weight excluding hydrogens is 356 g/mol. The van der Waals surface area contributed by atoms with E-state index in [2.05, 4.69) is 5.10 Å². The van der Waals surface area contributed by atoms with Gasteiger partial charge in [-0.15, -0.1) is 0 Å². The van der Waals surface area contributed by atoms with Gasteiger partial charge in [0.25, 0.3) is 5.56 Å². The highest BCUT2D eigenvalue weighted by molar-refractivity contribution is 5.88. The Morgan fingerprint density at radius 1 is 1.07 bits per heavy atom. The third-order valence-electron chi connectivity index (χ3n) is 5.23. The number of rotatable bonds is 3. The van der Waals surface area contributed by atoms with Crippen molar-refractivity contribution in [3.63, 3.8) is 0 Å². The zero-order chi connectivity index (χ0) is 19.8. The quantitative estimate of drug-likeness (QED) is 0.741. The first-order valence-corrected chi connectivity index (χ1v) is 9.07. The van der Waals surface area contributed by atoms with Crippen molar-refractivity contribution in [2.75, 3.05) is 0 Å². The summed E-state index contributed by atoms with van der Waals surface area (Å²) >= 11 is 0. The summed E-state index contributed by atoms with van der Waals surface area (Å²) in [5.41, 5.74) is 7.87. The number of fused-ring (bicyclic) bond motifs is 2. The van der Waals surface area contributed by atoms with Crippen LogP contribution >= 0.6 is 0 Å². The van der Waals surface area contributed by atoms with E-state index < -0.39 is 11.9 Å². The molecule has 2 N–H and O–H groups in total. The molecule has 4 rings (SSSR count). The van der Waals surface area contributed by atoms with Gasteiger partial charge in [-0.3, -0.25) is 14.4 Å². The Morgan fingerprint density at radius 2 is 1.71 bits per heavy atom. The molecule has 0 unspecified atom stereocenters. The Morgan fingerprint density at radius 3 is 2.43 bits per heavy atom. The number of hydrogen-bond acceptors (Lipinski definition) is 4. The fraction of sp³-hybridized carbons (Fsp3) is 0.238. The maximum Gasteiger partial charge on any atom is 0.275 e. The van der Waals surface area contributed by atoms with E-state index in [0.717, 1.165) is 16.5 Å². The monoisotopic (exact) mass is 376 g/mol. The highest BCUT2D eigenvalue weighted by atomic mass is 16.2. The largest absolute Gasteiger partial charge is 0.368 e. The average molecular weight is 376 g/mol. The number of amides is 2. The standard InChI is InChI=1S/C21H20N4O3/c1-13-16-8-4-5-9-17(16)21(28)25(23-13)12-19(26)24-11-15-7-3-2-6-14(15)10-18(24)20(22)27/h2-9,18H,10-12H2,1H3,(H2,22,27)/t18-/m1/s1. The van der Waals surface area contributed by atoms with Gasteiger partial charge in [-0.25, -0.2) is 4.68 Å². The lowest BCUT2D eigenvalue weighted by atomic mass is 9.93. The van der Waals surface area contributed by atoms with E-state index in [4.69, 9.17) is 5.73 Å². The third kappa shape index (κ3) is 3.05. The third-order valence-corrected chi connectivity index (χ3v) is 5.23. The van der Waals surface area contributed by atoms with Crippen LogP contribution in [0.1, 0.15) is 16.8 Å². The minimum absolute atomic E-state index is 0.240.